The molecule has 0 aromatic rings. The Labute approximate surface area is 109 Å². The molecule has 3 aliphatic carbocycles. The minimum Gasteiger partial charge on any atom is -0.481 e. The molecule has 0 amide bonds. The summed E-state index contributed by atoms with van der Waals surface area (Å²) in [4.78, 5) is 11.9. The van der Waals surface area contributed by atoms with Crippen LogP contribution in [-0.2, 0) is 4.79 Å². The van der Waals surface area contributed by atoms with Crippen molar-refractivity contribution in [1.82, 2.24) is 0 Å². The lowest BCUT2D eigenvalue weighted by molar-refractivity contribution is -0.160. The van der Waals surface area contributed by atoms with Crippen molar-refractivity contribution < 1.29 is 15.0 Å². The Kier molecular flexibility index (Phi) is 2.28. The van der Waals surface area contributed by atoms with E-state index in [9.17, 15) is 15.0 Å². The molecule has 3 nitrogen and oxygen atoms in total. The fourth-order valence-electron chi connectivity index (χ4n) is 5.76. The van der Waals surface area contributed by atoms with Gasteiger partial charge in [0.05, 0.1) is 11.0 Å². The average Bonchev–Trinajstić information content (AvgIpc) is 2.71. The molecule has 0 aromatic heterocycles. The number of hydrogen-bond acceptors (Lipinski definition) is 2. The van der Waals surface area contributed by atoms with Crippen molar-refractivity contribution in [2.24, 2.45) is 28.6 Å². The number of fused-ring (bicyclic) bond motifs is 1. The number of aliphatic carboxylic acids is 1. The van der Waals surface area contributed by atoms with Crippen LogP contribution in [0, 0.1) is 28.6 Å². The zero-order chi connectivity index (χ0) is 13.3. The molecule has 6 atom stereocenters. The summed E-state index contributed by atoms with van der Waals surface area (Å²) in [7, 11) is 0. The van der Waals surface area contributed by atoms with Gasteiger partial charge in [-0.2, -0.15) is 0 Å². The summed E-state index contributed by atoms with van der Waals surface area (Å²) in [5.74, 6) is 0.0957. The number of carboxylic acid groups (broad SMARTS) is 1. The van der Waals surface area contributed by atoms with Crippen LogP contribution in [0.4, 0.5) is 0 Å². The van der Waals surface area contributed by atoms with E-state index >= 15 is 0 Å². The molecule has 0 aliphatic heterocycles. The third kappa shape index (κ3) is 1.17. The summed E-state index contributed by atoms with van der Waals surface area (Å²) in [6, 6.07) is 0. The molecule has 1 spiro atoms. The van der Waals surface area contributed by atoms with Gasteiger partial charge in [-0.15, -0.1) is 0 Å². The molecule has 3 rings (SSSR count). The van der Waals surface area contributed by atoms with Crippen LogP contribution < -0.4 is 0 Å². The summed E-state index contributed by atoms with van der Waals surface area (Å²) in [5, 5.41) is 20.4. The standard InChI is InChI=1S/C15H24O3/c1-9-4-5-10-14(3,12(16)17)11-8-15(9,10)7-6-13(11,2)18/h9-11,18H,4-8H2,1-3H3,(H,16,17)/t9-,10+,11+,13-,14+,15+/m1/s1. The molecule has 2 N–H and O–H groups in total. The lowest BCUT2D eigenvalue weighted by Crippen LogP contribution is -2.47. The predicted molar refractivity (Wildman–Crippen MR) is 68.0 cm³/mol. The maximum Gasteiger partial charge on any atom is 0.310 e. The smallest absolute Gasteiger partial charge is 0.310 e. The highest BCUT2D eigenvalue weighted by molar-refractivity contribution is 5.76. The highest BCUT2D eigenvalue weighted by Crippen LogP contribution is 2.73. The van der Waals surface area contributed by atoms with E-state index in [1.807, 2.05) is 13.8 Å². The zero-order valence-electron chi connectivity index (χ0n) is 11.6. The molecule has 0 radical (unpaired) electrons. The van der Waals surface area contributed by atoms with Crippen LogP contribution in [0.5, 0.6) is 0 Å². The first kappa shape index (κ1) is 12.5. The summed E-state index contributed by atoms with van der Waals surface area (Å²) in [5.41, 5.74) is -1.34. The van der Waals surface area contributed by atoms with Crippen LogP contribution in [0.25, 0.3) is 0 Å². The molecule has 0 saturated heterocycles. The van der Waals surface area contributed by atoms with Crippen molar-refractivity contribution in [3.05, 3.63) is 0 Å². The van der Waals surface area contributed by atoms with E-state index in [4.69, 9.17) is 0 Å². The van der Waals surface area contributed by atoms with E-state index in [0.717, 1.165) is 32.1 Å². The van der Waals surface area contributed by atoms with Gasteiger partial charge in [0, 0.05) is 5.92 Å². The molecular weight excluding hydrogens is 228 g/mol. The van der Waals surface area contributed by atoms with Crippen LogP contribution >= 0.6 is 0 Å². The summed E-state index contributed by atoms with van der Waals surface area (Å²) >= 11 is 0. The van der Waals surface area contributed by atoms with Gasteiger partial charge in [-0.05, 0) is 63.2 Å². The second-order valence-electron chi connectivity index (χ2n) is 7.47. The average molecular weight is 252 g/mol. The van der Waals surface area contributed by atoms with Gasteiger partial charge in [-0.1, -0.05) is 6.92 Å². The van der Waals surface area contributed by atoms with Crippen molar-refractivity contribution >= 4 is 5.97 Å². The summed E-state index contributed by atoms with van der Waals surface area (Å²) in [6.45, 7) is 6.02. The number of hydrogen-bond donors (Lipinski definition) is 2. The minimum atomic E-state index is -0.803. The number of rotatable bonds is 1. The first-order valence-electron chi connectivity index (χ1n) is 7.21. The second kappa shape index (κ2) is 3.30. The molecule has 3 saturated carbocycles. The molecule has 102 valence electrons. The third-order valence-electron chi connectivity index (χ3n) is 6.90. The normalized spacial score (nSPS) is 58.6. The lowest BCUT2D eigenvalue weighted by atomic mass is 9.64. The van der Waals surface area contributed by atoms with Crippen molar-refractivity contribution in [2.75, 3.05) is 0 Å². The maximum absolute atomic E-state index is 11.9. The largest absolute Gasteiger partial charge is 0.481 e. The Balaban J connectivity index is 2.13. The van der Waals surface area contributed by atoms with Gasteiger partial charge in [0.15, 0.2) is 0 Å². The van der Waals surface area contributed by atoms with Crippen LogP contribution in [-0.4, -0.2) is 21.8 Å². The topological polar surface area (TPSA) is 57.5 Å². The number of carbonyl (C=O) groups is 1. The van der Waals surface area contributed by atoms with E-state index in [2.05, 4.69) is 6.92 Å². The van der Waals surface area contributed by atoms with E-state index in [1.54, 1.807) is 0 Å². The zero-order valence-corrected chi connectivity index (χ0v) is 11.6. The van der Waals surface area contributed by atoms with E-state index < -0.39 is 17.0 Å². The quantitative estimate of drug-likeness (QED) is 0.754. The van der Waals surface area contributed by atoms with Crippen LogP contribution in [0.2, 0.25) is 0 Å². The van der Waals surface area contributed by atoms with Gasteiger partial charge < -0.3 is 10.2 Å². The molecule has 18 heavy (non-hydrogen) atoms. The third-order valence-corrected chi connectivity index (χ3v) is 6.90. The van der Waals surface area contributed by atoms with Crippen molar-refractivity contribution in [3.63, 3.8) is 0 Å². The van der Waals surface area contributed by atoms with Crippen molar-refractivity contribution in [1.29, 1.82) is 0 Å². The Bertz CT molecular complexity index is 399. The fourth-order valence-corrected chi connectivity index (χ4v) is 5.76. The first-order valence-corrected chi connectivity index (χ1v) is 7.21. The summed E-state index contributed by atoms with van der Waals surface area (Å²) < 4.78 is 0. The van der Waals surface area contributed by atoms with Gasteiger partial charge in [0.25, 0.3) is 0 Å². The molecular formula is C15H24O3. The van der Waals surface area contributed by atoms with Gasteiger partial charge in [0.1, 0.15) is 0 Å². The highest BCUT2D eigenvalue weighted by Gasteiger charge is 2.71. The van der Waals surface area contributed by atoms with Crippen LogP contribution in [0.15, 0.2) is 0 Å². The van der Waals surface area contributed by atoms with Crippen molar-refractivity contribution in [2.45, 2.75) is 58.5 Å². The van der Waals surface area contributed by atoms with Crippen LogP contribution in [0.3, 0.4) is 0 Å². The first-order chi connectivity index (χ1) is 8.25. The van der Waals surface area contributed by atoms with Gasteiger partial charge in [-0.3, -0.25) is 4.79 Å². The fraction of sp³-hybridized carbons (Fsp3) is 0.933. The molecule has 2 bridgehead atoms. The van der Waals surface area contributed by atoms with Crippen LogP contribution in [0.1, 0.15) is 52.9 Å². The molecule has 0 aromatic carbocycles. The predicted octanol–water partition coefficient (Wildman–Crippen LogP) is 2.67. The SMILES string of the molecule is C[C@@H]1CC[C@@H]2[C@]13CC[C@@](C)(O)[C@H](C3)[C@@]2(C)C(=O)O. The summed E-state index contributed by atoms with van der Waals surface area (Å²) in [6.07, 6.45) is 4.86. The highest BCUT2D eigenvalue weighted by atomic mass is 16.4. The Morgan fingerprint density at radius 1 is 1.17 bits per heavy atom. The van der Waals surface area contributed by atoms with Gasteiger partial charge >= 0.3 is 5.97 Å². The number of aliphatic hydroxyl groups is 1. The van der Waals surface area contributed by atoms with Gasteiger partial charge in [0.2, 0.25) is 0 Å². The molecule has 0 heterocycles. The Morgan fingerprint density at radius 3 is 2.44 bits per heavy atom. The van der Waals surface area contributed by atoms with E-state index in [0.29, 0.717) is 5.92 Å². The Morgan fingerprint density at radius 2 is 1.83 bits per heavy atom. The monoisotopic (exact) mass is 252 g/mol. The molecule has 3 heteroatoms. The van der Waals surface area contributed by atoms with Gasteiger partial charge in [-0.25, -0.2) is 0 Å². The molecule has 3 fully saturated rings. The minimum absolute atomic E-state index is 0.0796. The number of carboxylic acids is 1. The maximum atomic E-state index is 11.9. The lowest BCUT2D eigenvalue weighted by Gasteiger charge is -2.44. The Hall–Kier alpha value is -0.570. The van der Waals surface area contributed by atoms with E-state index in [-0.39, 0.29) is 17.3 Å². The van der Waals surface area contributed by atoms with Crippen molar-refractivity contribution in [3.8, 4) is 0 Å². The molecule has 3 aliphatic rings. The second-order valence-corrected chi connectivity index (χ2v) is 7.47. The van der Waals surface area contributed by atoms with E-state index in [1.165, 1.54) is 0 Å². The molecule has 0 unspecified atom stereocenters.